The number of fused-ring (bicyclic) bond motifs is 2. The van der Waals surface area contributed by atoms with Crippen LogP contribution in [0.25, 0.3) is 0 Å². The first-order chi connectivity index (χ1) is 17.2. The third-order valence-electron chi connectivity index (χ3n) is 7.60. The number of rotatable bonds is 6. The van der Waals surface area contributed by atoms with E-state index in [1.54, 1.807) is 18.7 Å². The molecule has 36 heavy (non-hydrogen) atoms. The molecule has 0 aliphatic carbocycles. The van der Waals surface area contributed by atoms with Gasteiger partial charge in [-0.1, -0.05) is 6.42 Å². The van der Waals surface area contributed by atoms with Crippen molar-refractivity contribution >= 4 is 29.0 Å². The van der Waals surface area contributed by atoms with Gasteiger partial charge in [0.1, 0.15) is 5.75 Å². The van der Waals surface area contributed by atoms with Gasteiger partial charge in [0.15, 0.2) is 17.2 Å². The van der Waals surface area contributed by atoms with Gasteiger partial charge >= 0.3 is 0 Å². The maximum Gasteiger partial charge on any atom is 0.270 e. The van der Waals surface area contributed by atoms with Crippen molar-refractivity contribution in [1.29, 1.82) is 0 Å². The van der Waals surface area contributed by atoms with E-state index in [2.05, 4.69) is 25.5 Å². The topological polar surface area (TPSA) is 82.6 Å². The van der Waals surface area contributed by atoms with Gasteiger partial charge in [-0.25, -0.2) is 9.37 Å². The van der Waals surface area contributed by atoms with E-state index in [4.69, 9.17) is 4.74 Å². The maximum atomic E-state index is 14.6. The normalized spacial score (nSPS) is 23.6. The summed E-state index contributed by atoms with van der Waals surface area (Å²) in [5.74, 6) is 1.09. The number of piperidine rings is 2. The second kappa shape index (κ2) is 9.84. The van der Waals surface area contributed by atoms with Crippen molar-refractivity contribution in [2.75, 3.05) is 35.2 Å². The largest absolute Gasteiger partial charge is 0.476 e. The monoisotopic (exact) mass is 496 g/mol. The summed E-state index contributed by atoms with van der Waals surface area (Å²) >= 11 is 0. The van der Waals surface area contributed by atoms with Crippen molar-refractivity contribution in [3.05, 3.63) is 30.2 Å². The number of hydrogen-bond acceptors (Lipinski definition) is 7. The van der Waals surface area contributed by atoms with Gasteiger partial charge in [-0.3, -0.25) is 4.79 Å². The SMILES string of the molecule is CC(C)N1C(=O)C(C)(C)Oc2cc(Nc3ncc(F)c(NCC4CCCN5CCCCC45)n3)ccc21. The summed E-state index contributed by atoms with van der Waals surface area (Å²) < 4.78 is 20.6. The third-order valence-corrected chi connectivity index (χ3v) is 7.60. The van der Waals surface area contributed by atoms with Gasteiger partial charge in [-0.2, -0.15) is 4.98 Å². The molecule has 3 aliphatic rings. The summed E-state index contributed by atoms with van der Waals surface area (Å²) in [6, 6.07) is 6.12. The van der Waals surface area contributed by atoms with Crippen molar-refractivity contribution in [1.82, 2.24) is 14.9 Å². The molecule has 4 heterocycles. The second-order valence-electron chi connectivity index (χ2n) is 11.0. The number of hydrogen-bond donors (Lipinski definition) is 2. The fourth-order valence-corrected chi connectivity index (χ4v) is 5.83. The van der Waals surface area contributed by atoms with Crippen LogP contribution < -0.4 is 20.3 Å². The summed E-state index contributed by atoms with van der Waals surface area (Å²) in [5, 5.41) is 6.43. The molecule has 1 amide bonds. The molecule has 2 aromatic rings. The van der Waals surface area contributed by atoms with Crippen LogP contribution >= 0.6 is 0 Å². The molecule has 2 atom stereocenters. The molecular weight excluding hydrogens is 459 g/mol. The fourth-order valence-electron chi connectivity index (χ4n) is 5.83. The summed E-state index contributed by atoms with van der Waals surface area (Å²) in [7, 11) is 0. The van der Waals surface area contributed by atoms with E-state index >= 15 is 0 Å². The molecule has 3 aliphatic heterocycles. The van der Waals surface area contributed by atoms with Crippen LogP contribution in [0.4, 0.5) is 27.5 Å². The second-order valence-corrected chi connectivity index (χ2v) is 11.0. The lowest BCUT2D eigenvalue weighted by Crippen LogP contribution is -2.54. The smallest absolute Gasteiger partial charge is 0.270 e. The van der Waals surface area contributed by atoms with Gasteiger partial charge in [-0.15, -0.1) is 0 Å². The number of aromatic nitrogens is 2. The lowest BCUT2D eigenvalue weighted by molar-refractivity contribution is -0.133. The van der Waals surface area contributed by atoms with Gasteiger partial charge in [0.05, 0.1) is 11.9 Å². The lowest BCUT2D eigenvalue weighted by Gasteiger charge is -2.44. The van der Waals surface area contributed by atoms with Crippen LogP contribution in [0.3, 0.4) is 0 Å². The number of carbonyl (C=O) groups is 1. The summed E-state index contributed by atoms with van der Waals surface area (Å²) in [6.45, 7) is 10.6. The Morgan fingerprint density at radius 3 is 2.81 bits per heavy atom. The highest BCUT2D eigenvalue weighted by atomic mass is 19.1. The number of ether oxygens (including phenoxy) is 1. The van der Waals surface area contributed by atoms with E-state index in [0.717, 1.165) is 12.1 Å². The van der Waals surface area contributed by atoms with Crippen molar-refractivity contribution in [2.24, 2.45) is 5.92 Å². The van der Waals surface area contributed by atoms with E-state index in [1.807, 2.05) is 32.0 Å². The Morgan fingerprint density at radius 1 is 1.19 bits per heavy atom. The molecule has 194 valence electrons. The van der Waals surface area contributed by atoms with Crippen molar-refractivity contribution < 1.29 is 13.9 Å². The first-order valence-electron chi connectivity index (χ1n) is 13.2. The van der Waals surface area contributed by atoms with Crippen LogP contribution in [0, 0.1) is 11.7 Å². The van der Waals surface area contributed by atoms with Crippen LogP contribution in [0.1, 0.15) is 59.8 Å². The molecule has 8 nitrogen and oxygen atoms in total. The molecule has 5 rings (SSSR count). The molecular formula is C27H37FN6O2. The minimum absolute atomic E-state index is 0.00264. The molecule has 2 saturated heterocycles. The van der Waals surface area contributed by atoms with Gasteiger partial charge in [0.2, 0.25) is 5.95 Å². The third kappa shape index (κ3) is 4.85. The molecule has 2 N–H and O–H groups in total. The Kier molecular flexibility index (Phi) is 6.76. The van der Waals surface area contributed by atoms with Crippen molar-refractivity contribution in [3.8, 4) is 5.75 Å². The van der Waals surface area contributed by atoms with E-state index in [0.29, 0.717) is 35.9 Å². The number of amides is 1. The van der Waals surface area contributed by atoms with E-state index in [-0.39, 0.29) is 17.8 Å². The van der Waals surface area contributed by atoms with Crippen LogP contribution in [0.5, 0.6) is 5.75 Å². The molecule has 2 unspecified atom stereocenters. The first-order valence-corrected chi connectivity index (χ1v) is 13.2. The molecule has 1 aromatic heterocycles. The Bertz CT molecular complexity index is 1120. The number of nitrogens with zero attached hydrogens (tertiary/aromatic N) is 4. The quantitative estimate of drug-likeness (QED) is 0.586. The zero-order valence-electron chi connectivity index (χ0n) is 21.7. The minimum atomic E-state index is -0.966. The number of halogens is 1. The number of benzene rings is 1. The predicted octanol–water partition coefficient (Wildman–Crippen LogP) is 4.95. The zero-order valence-corrected chi connectivity index (χ0v) is 21.7. The van der Waals surface area contributed by atoms with Gasteiger partial charge in [-0.05, 0) is 84.5 Å². The molecule has 0 spiro atoms. The number of anilines is 4. The Morgan fingerprint density at radius 2 is 2.00 bits per heavy atom. The average molecular weight is 497 g/mol. The minimum Gasteiger partial charge on any atom is -0.476 e. The van der Waals surface area contributed by atoms with E-state index < -0.39 is 11.4 Å². The summed E-state index contributed by atoms with van der Waals surface area (Å²) in [4.78, 5) is 25.8. The van der Waals surface area contributed by atoms with E-state index in [1.165, 1.54) is 45.0 Å². The highest BCUT2D eigenvalue weighted by Crippen LogP contribution is 2.41. The Balaban J connectivity index is 1.30. The Hall–Kier alpha value is -2.94. The van der Waals surface area contributed by atoms with Crippen molar-refractivity contribution in [2.45, 2.75) is 77.5 Å². The summed E-state index contributed by atoms with van der Waals surface area (Å²) in [5.41, 5.74) is 0.462. The molecule has 0 saturated carbocycles. The standard InChI is InChI=1S/C27H37FN6O2/c1-17(2)34-22-11-10-19(14-23(22)36-27(3,4)25(34)35)31-26-30-16-20(28)24(32-26)29-15-18-8-7-13-33-12-6-5-9-21(18)33/h10-11,14,16-18,21H,5-9,12-13,15H2,1-4H3,(H2,29,30,31,32). The zero-order chi connectivity index (χ0) is 25.4. The van der Waals surface area contributed by atoms with Gasteiger partial charge in [0.25, 0.3) is 5.91 Å². The fraction of sp³-hybridized carbons (Fsp3) is 0.593. The summed E-state index contributed by atoms with van der Waals surface area (Å²) in [6.07, 6.45) is 7.33. The van der Waals surface area contributed by atoms with Crippen LogP contribution in [0.15, 0.2) is 24.4 Å². The number of carbonyl (C=O) groups excluding carboxylic acids is 1. The highest BCUT2D eigenvalue weighted by molar-refractivity contribution is 6.03. The molecule has 0 radical (unpaired) electrons. The molecule has 1 aromatic carbocycles. The predicted molar refractivity (Wildman–Crippen MR) is 139 cm³/mol. The molecule has 2 fully saturated rings. The van der Waals surface area contributed by atoms with Crippen LogP contribution in [0.2, 0.25) is 0 Å². The molecule has 9 heteroatoms. The van der Waals surface area contributed by atoms with E-state index in [9.17, 15) is 9.18 Å². The lowest BCUT2D eigenvalue weighted by atomic mass is 9.83. The van der Waals surface area contributed by atoms with Gasteiger partial charge in [0, 0.05) is 30.4 Å². The van der Waals surface area contributed by atoms with Gasteiger partial charge < -0.3 is 25.2 Å². The number of nitrogens with one attached hydrogen (secondary N) is 2. The average Bonchev–Trinajstić information content (AvgIpc) is 2.84. The Labute approximate surface area is 212 Å². The molecule has 0 bridgehead atoms. The van der Waals surface area contributed by atoms with Crippen LogP contribution in [-0.2, 0) is 4.79 Å². The maximum absolute atomic E-state index is 14.6. The van der Waals surface area contributed by atoms with Crippen LogP contribution in [-0.4, -0.2) is 58.1 Å². The van der Waals surface area contributed by atoms with Crippen molar-refractivity contribution in [3.63, 3.8) is 0 Å². The highest BCUT2D eigenvalue weighted by Gasteiger charge is 2.42. The first kappa shape index (κ1) is 24.7.